The molecule has 2 radical (unpaired) electrons. The van der Waals surface area contributed by atoms with E-state index >= 15 is 4.39 Å². The van der Waals surface area contributed by atoms with Crippen molar-refractivity contribution >= 4 is 31.7 Å². The molecule has 0 rings (SSSR count). The molecule has 0 amide bonds. The van der Waals surface area contributed by atoms with E-state index in [2.05, 4.69) is 0 Å². The first-order chi connectivity index (χ1) is 11.1. The van der Waals surface area contributed by atoms with Gasteiger partial charge in [0.2, 0.25) is 0 Å². The van der Waals surface area contributed by atoms with Gasteiger partial charge in [-0.05, 0) is 12.8 Å². The van der Waals surface area contributed by atoms with Gasteiger partial charge in [0.05, 0.1) is 19.6 Å². The van der Waals surface area contributed by atoms with Crippen molar-refractivity contribution in [2.75, 3.05) is 25.2 Å². The molecule has 0 N–H and O–H groups in total. The number of alkyl halides is 6. The van der Waals surface area contributed by atoms with Crippen molar-refractivity contribution in [2.45, 2.75) is 56.8 Å². The first-order valence-corrected chi connectivity index (χ1v) is 10.0. The van der Waals surface area contributed by atoms with E-state index < -0.39 is 37.4 Å². The van der Waals surface area contributed by atoms with Crippen LogP contribution in [0.25, 0.3) is 0 Å². The van der Waals surface area contributed by atoms with E-state index in [1.165, 1.54) is 0 Å². The third-order valence-electron chi connectivity index (χ3n) is 4.10. The van der Waals surface area contributed by atoms with E-state index in [-0.39, 0.29) is 49.6 Å². The summed E-state index contributed by atoms with van der Waals surface area (Å²) in [7, 11) is -3.77. The van der Waals surface area contributed by atoms with Crippen molar-refractivity contribution in [3.8, 4) is 12.1 Å². The van der Waals surface area contributed by atoms with E-state index in [0.29, 0.717) is 12.8 Å². The van der Waals surface area contributed by atoms with Gasteiger partial charge in [0.15, 0.2) is 12.7 Å². The molecule has 0 aromatic heterocycles. The summed E-state index contributed by atoms with van der Waals surface area (Å²) in [5.74, 6) is -10.8. The molecule has 0 bridgehead atoms. The molecule has 1 unspecified atom stereocenters. The van der Waals surface area contributed by atoms with Crippen molar-refractivity contribution < 1.29 is 26.3 Å². The van der Waals surface area contributed by atoms with Gasteiger partial charge in [0.1, 0.15) is 12.2 Å². The molecule has 1 atom stereocenters. The normalized spacial score (nSPS) is 14.8. The summed E-state index contributed by atoms with van der Waals surface area (Å²) in [4.78, 5) is 0. The van der Waals surface area contributed by atoms with Crippen LogP contribution >= 0.6 is 7.26 Å². The molecular formula is C15H22F6N2PSb+4. The number of nitriles is 2. The fraction of sp³-hybridized carbons (Fsp3) is 0.867. The van der Waals surface area contributed by atoms with Gasteiger partial charge in [-0.2, -0.15) is 32.5 Å². The van der Waals surface area contributed by atoms with Crippen LogP contribution in [-0.2, 0) is 0 Å². The van der Waals surface area contributed by atoms with Gasteiger partial charge in [0.25, 0.3) is 0 Å². The molecule has 25 heavy (non-hydrogen) atoms. The van der Waals surface area contributed by atoms with E-state index in [4.69, 9.17) is 10.5 Å². The van der Waals surface area contributed by atoms with Crippen LogP contribution in [-0.4, -0.2) is 66.8 Å². The molecule has 0 aliphatic heterocycles. The number of halogens is 6. The first kappa shape index (κ1) is 27.0. The maximum absolute atomic E-state index is 15.3. The first-order valence-electron chi connectivity index (χ1n) is 7.70. The molecule has 0 aliphatic rings. The topological polar surface area (TPSA) is 47.6 Å². The third-order valence-corrected chi connectivity index (χ3v) is 8.88. The molecule has 0 spiro atoms. The van der Waals surface area contributed by atoms with Crippen molar-refractivity contribution in [2.24, 2.45) is 0 Å². The number of hydrogen-bond donors (Lipinski definition) is 0. The molecule has 0 aromatic carbocycles. The molecule has 0 aromatic rings. The Labute approximate surface area is 162 Å². The van der Waals surface area contributed by atoms with Gasteiger partial charge < -0.3 is 0 Å². The number of hydrogen-bond acceptors (Lipinski definition) is 2. The van der Waals surface area contributed by atoms with Gasteiger partial charge in [-0.25, -0.2) is 4.39 Å². The zero-order valence-corrected chi connectivity index (χ0v) is 17.7. The van der Waals surface area contributed by atoms with Crippen LogP contribution in [0, 0.1) is 22.7 Å². The predicted molar refractivity (Wildman–Crippen MR) is 88.0 cm³/mol. The summed E-state index contributed by atoms with van der Waals surface area (Å²) in [6, 6.07) is 2.33. The van der Waals surface area contributed by atoms with Gasteiger partial charge in [-0.1, -0.05) is 26.7 Å². The quantitative estimate of drug-likeness (QED) is 0.225. The van der Waals surface area contributed by atoms with Crippen molar-refractivity contribution in [3.63, 3.8) is 0 Å². The maximum atomic E-state index is 15.3. The summed E-state index contributed by atoms with van der Waals surface area (Å²) in [6.45, 7) is 0.615. The van der Waals surface area contributed by atoms with Crippen LogP contribution in [0.2, 0.25) is 0 Å². The number of nitrogens with zero attached hydrogens (tertiary/aromatic N) is 2. The largest absolute Gasteiger partial charge is 3.00 e. The maximum Gasteiger partial charge on any atom is 3.00 e. The second-order valence-electron chi connectivity index (χ2n) is 5.76. The zero-order chi connectivity index (χ0) is 19.1. The average Bonchev–Trinajstić information content (AvgIpc) is 2.56. The van der Waals surface area contributed by atoms with Gasteiger partial charge in [-0.3, -0.25) is 0 Å². The molecule has 0 saturated heterocycles. The fourth-order valence-electron chi connectivity index (χ4n) is 2.54. The average molecular weight is 497 g/mol. The Morgan fingerprint density at radius 3 is 1.64 bits per heavy atom. The Morgan fingerprint density at radius 1 is 0.920 bits per heavy atom. The molecular weight excluding hydrogens is 475 g/mol. The molecule has 0 heterocycles. The van der Waals surface area contributed by atoms with Gasteiger partial charge >= 0.3 is 41.7 Å². The molecule has 10 heteroatoms. The predicted octanol–water partition coefficient (Wildman–Crippen LogP) is 5.18. The Balaban J connectivity index is 0. The smallest absolute Gasteiger partial charge is 0.244 e. The summed E-state index contributed by atoms with van der Waals surface area (Å²) < 4.78 is 83.1. The molecule has 2 nitrogen and oxygen atoms in total. The Hall–Kier alpha value is -0.192. The van der Waals surface area contributed by atoms with Crippen LogP contribution in [0.3, 0.4) is 0 Å². The molecule has 140 valence electrons. The molecule has 0 fully saturated rings. The summed E-state index contributed by atoms with van der Waals surface area (Å²) in [6.07, 6.45) is 0.221. The minimum Gasteiger partial charge on any atom is -0.244 e. The van der Waals surface area contributed by atoms with Crippen LogP contribution in [0.1, 0.15) is 39.5 Å². The number of unbranched alkanes of at least 4 members (excludes halogenated alkanes) is 2. The van der Waals surface area contributed by atoms with Crippen LogP contribution < -0.4 is 0 Å². The van der Waals surface area contributed by atoms with Crippen molar-refractivity contribution in [3.05, 3.63) is 0 Å². The van der Waals surface area contributed by atoms with E-state index in [1.807, 2.05) is 0 Å². The number of rotatable bonds is 11. The van der Waals surface area contributed by atoms with Crippen LogP contribution in [0.4, 0.5) is 26.3 Å². The van der Waals surface area contributed by atoms with Crippen LogP contribution in [0.5, 0.6) is 0 Å². The van der Waals surface area contributed by atoms with Gasteiger partial charge in [0, 0.05) is 0 Å². The second-order valence-corrected chi connectivity index (χ2v) is 9.88. The Kier molecular flexibility index (Phi) is 11.7. The van der Waals surface area contributed by atoms with E-state index in [0.717, 1.165) is 6.07 Å². The molecule has 0 aliphatic carbocycles. The minimum absolute atomic E-state index is 0. The Morgan fingerprint density at radius 2 is 1.36 bits per heavy atom. The molecule has 0 saturated carbocycles. The van der Waals surface area contributed by atoms with Crippen LogP contribution in [0.15, 0.2) is 0 Å². The van der Waals surface area contributed by atoms with Gasteiger partial charge in [-0.15, -0.1) is 0 Å². The second kappa shape index (κ2) is 10.8. The van der Waals surface area contributed by atoms with E-state index in [9.17, 15) is 22.0 Å². The standard InChI is InChI=1S/C15H22F6N2P.Sb/c1-3-5-8-24(10-7-22,9-6-4-2)14(19,12-23)15(20,21)13(17,18)11-16;/h3-6,8-11H2,1-2H3;/q+1;+3. The van der Waals surface area contributed by atoms with E-state index in [1.54, 1.807) is 19.9 Å². The zero-order valence-electron chi connectivity index (χ0n) is 14.2. The Bertz CT molecular complexity index is 483. The SMILES string of the molecule is CCCC[P+](CC#N)(CCCC)C(F)(C#N)C(F)(F)C(F)(F)CF.[Sb+3]. The fourth-order valence-corrected chi connectivity index (χ4v) is 7.00. The summed E-state index contributed by atoms with van der Waals surface area (Å²) >= 11 is 0. The monoisotopic (exact) mass is 496 g/mol. The van der Waals surface area contributed by atoms with Crippen molar-refractivity contribution in [1.82, 2.24) is 0 Å². The minimum atomic E-state index is -5.50. The van der Waals surface area contributed by atoms with Crippen molar-refractivity contribution in [1.29, 1.82) is 10.5 Å². The third kappa shape index (κ3) is 5.17. The summed E-state index contributed by atoms with van der Waals surface area (Å²) in [5, 5.41) is 13.8. The summed E-state index contributed by atoms with van der Waals surface area (Å²) in [5.41, 5.74) is 0.